The van der Waals surface area contributed by atoms with Crippen LogP contribution in [0, 0.1) is 0 Å². The molecule has 27 heavy (non-hydrogen) atoms. The molecule has 0 aliphatic carbocycles. The molecule has 9 nitrogen and oxygen atoms in total. The van der Waals surface area contributed by atoms with Crippen molar-refractivity contribution in [1.82, 2.24) is 4.90 Å². The average Bonchev–Trinajstić information content (AvgIpc) is 2.69. The molecule has 0 bridgehead atoms. The fourth-order valence-electron chi connectivity index (χ4n) is 2.17. The first-order valence-electron chi connectivity index (χ1n) is 8.10. The van der Waals surface area contributed by atoms with Crippen LogP contribution < -0.4 is 20.9 Å². The third kappa shape index (κ3) is 4.43. The van der Waals surface area contributed by atoms with Crippen molar-refractivity contribution >= 4 is 23.3 Å². The number of hydrogen-bond acceptors (Lipinski definition) is 8. The van der Waals surface area contributed by atoms with Crippen molar-refractivity contribution in [1.29, 1.82) is 0 Å². The van der Waals surface area contributed by atoms with Crippen LogP contribution in [-0.4, -0.2) is 49.7 Å². The quantitative estimate of drug-likeness (QED) is 0.434. The van der Waals surface area contributed by atoms with Crippen molar-refractivity contribution in [2.75, 3.05) is 33.1 Å². The van der Waals surface area contributed by atoms with E-state index in [4.69, 9.17) is 4.74 Å². The minimum Gasteiger partial charge on any atom is -0.505 e. The number of likely N-dealkylation sites (N-methyl/N-ethyl adjacent to an activating group) is 1. The molecule has 146 valence electrons. The van der Waals surface area contributed by atoms with Crippen molar-refractivity contribution in [2.24, 2.45) is 0 Å². The number of phenols is 1. The average molecular weight is 378 g/mol. The van der Waals surface area contributed by atoms with Gasteiger partial charge in [0.15, 0.2) is 11.5 Å². The zero-order valence-corrected chi connectivity index (χ0v) is 15.8. The van der Waals surface area contributed by atoms with E-state index >= 15 is 0 Å². The number of amides is 1. The van der Waals surface area contributed by atoms with E-state index in [1.165, 1.54) is 39.5 Å². The molecule has 0 fully saturated rings. The Bertz CT molecular complexity index is 898. The Balaban J connectivity index is 0.00000176. The second kappa shape index (κ2) is 9.37. The largest absolute Gasteiger partial charge is 0.505 e. The van der Waals surface area contributed by atoms with Gasteiger partial charge >= 0.3 is 5.97 Å². The maximum Gasteiger partial charge on any atom is 0.325 e. The molecule has 0 aromatic heterocycles. The highest BCUT2D eigenvalue weighted by Crippen LogP contribution is 2.32. The summed E-state index contributed by atoms with van der Waals surface area (Å²) in [5.41, 5.74) is -1.70. The van der Waals surface area contributed by atoms with Gasteiger partial charge in [0.2, 0.25) is 0 Å². The molecular weight excluding hydrogens is 356 g/mol. The predicted octanol–water partition coefficient (Wildman–Crippen LogP) is 1.01. The van der Waals surface area contributed by atoms with E-state index in [1.54, 1.807) is 0 Å². The van der Waals surface area contributed by atoms with E-state index < -0.39 is 28.5 Å². The standard InChI is InChI=1S/C16H16N2O7.C2H6/c1-18(7-10(19)24-2)16(23)8-5-4-6-9(12(8)20)17-11-13(21)14(22)15(11)25-3;1-2/h4-6,17,20H,7H2,1-3H3;1-2H3. The topological polar surface area (TPSA) is 122 Å². The fraction of sp³-hybridized carbons (Fsp3) is 0.333. The zero-order valence-electron chi connectivity index (χ0n) is 15.8. The van der Waals surface area contributed by atoms with Gasteiger partial charge in [-0.25, -0.2) is 0 Å². The van der Waals surface area contributed by atoms with Gasteiger partial charge in [0, 0.05) is 7.05 Å². The molecule has 9 heteroatoms. The number of hydrogen-bond donors (Lipinski definition) is 2. The van der Waals surface area contributed by atoms with E-state index in [0.717, 1.165) is 4.90 Å². The second-order valence-corrected chi connectivity index (χ2v) is 5.13. The Morgan fingerprint density at radius 3 is 2.33 bits per heavy atom. The van der Waals surface area contributed by atoms with Crippen LogP contribution in [0.3, 0.4) is 0 Å². The van der Waals surface area contributed by atoms with Gasteiger partial charge in [-0.2, -0.15) is 0 Å². The molecule has 0 atom stereocenters. The molecule has 2 aromatic carbocycles. The summed E-state index contributed by atoms with van der Waals surface area (Å²) in [5, 5.41) is 12.9. The Hall–Kier alpha value is -3.36. The number of para-hydroxylation sites is 1. The first-order chi connectivity index (χ1) is 12.8. The van der Waals surface area contributed by atoms with Gasteiger partial charge in [0.05, 0.1) is 25.5 Å². The van der Waals surface area contributed by atoms with Crippen molar-refractivity contribution in [2.45, 2.75) is 13.8 Å². The highest BCUT2D eigenvalue weighted by Gasteiger charge is 2.25. The summed E-state index contributed by atoms with van der Waals surface area (Å²) < 4.78 is 9.29. The van der Waals surface area contributed by atoms with Crippen molar-refractivity contribution < 1.29 is 24.2 Å². The summed E-state index contributed by atoms with van der Waals surface area (Å²) in [5.74, 6) is -1.81. The summed E-state index contributed by atoms with van der Waals surface area (Å²) >= 11 is 0. The molecule has 0 heterocycles. The number of nitrogens with one attached hydrogen (secondary N) is 1. The molecule has 1 amide bonds. The SMILES string of the molecule is CC.COC(=O)CN(C)C(=O)c1cccc(Nc2c(OC)c(=O)c2=O)c1O. The number of carbonyl (C=O) groups is 2. The van der Waals surface area contributed by atoms with Gasteiger partial charge in [0.1, 0.15) is 12.2 Å². The molecule has 0 unspecified atom stereocenters. The van der Waals surface area contributed by atoms with E-state index in [0.29, 0.717) is 0 Å². The molecule has 0 spiro atoms. The maximum atomic E-state index is 12.3. The maximum absolute atomic E-state index is 12.3. The van der Waals surface area contributed by atoms with E-state index in [-0.39, 0.29) is 29.2 Å². The molecular formula is C18H22N2O7. The third-order valence-corrected chi connectivity index (χ3v) is 3.54. The van der Waals surface area contributed by atoms with Gasteiger partial charge < -0.3 is 24.8 Å². The van der Waals surface area contributed by atoms with Gasteiger partial charge in [-0.15, -0.1) is 0 Å². The van der Waals surface area contributed by atoms with Crippen LogP contribution in [0.25, 0.3) is 0 Å². The molecule has 0 saturated heterocycles. The van der Waals surface area contributed by atoms with Crippen LogP contribution in [-0.2, 0) is 9.53 Å². The van der Waals surface area contributed by atoms with Crippen molar-refractivity contribution in [3.63, 3.8) is 0 Å². The van der Waals surface area contributed by atoms with Gasteiger partial charge in [-0.1, -0.05) is 19.9 Å². The van der Waals surface area contributed by atoms with Gasteiger partial charge in [0.25, 0.3) is 16.8 Å². The smallest absolute Gasteiger partial charge is 0.325 e. The Morgan fingerprint density at radius 2 is 1.78 bits per heavy atom. The van der Waals surface area contributed by atoms with Crippen molar-refractivity contribution in [3.05, 3.63) is 44.2 Å². The number of anilines is 2. The van der Waals surface area contributed by atoms with Crippen LogP contribution in [0.1, 0.15) is 24.2 Å². The van der Waals surface area contributed by atoms with Crippen LogP contribution in [0.5, 0.6) is 11.5 Å². The Kier molecular flexibility index (Phi) is 7.52. The number of ether oxygens (including phenoxy) is 2. The molecule has 0 aliphatic heterocycles. The fourth-order valence-corrected chi connectivity index (χ4v) is 2.17. The summed E-state index contributed by atoms with van der Waals surface area (Å²) in [7, 11) is 3.81. The number of esters is 1. The molecule has 0 saturated carbocycles. The highest BCUT2D eigenvalue weighted by atomic mass is 16.5. The lowest BCUT2D eigenvalue weighted by atomic mass is 10.1. The number of carbonyl (C=O) groups excluding carboxylic acids is 2. The molecule has 2 rings (SSSR count). The van der Waals surface area contributed by atoms with Crippen LogP contribution >= 0.6 is 0 Å². The first kappa shape index (κ1) is 21.7. The number of aromatic hydroxyl groups is 1. The zero-order chi connectivity index (χ0) is 20.7. The summed E-state index contributed by atoms with van der Waals surface area (Å²) in [6.45, 7) is 3.71. The van der Waals surface area contributed by atoms with E-state index in [2.05, 4.69) is 10.1 Å². The first-order valence-corrected chi connectivity index (χ1v) is 8.10. The van der Waals surface area contributed by atoms with Crippen molar-refractivity contribution in [3.8, 4) is 11.5 Å². The number of benzene rings is 1. The Labute approximate surface area is 155 Å². The van der Waals surface area contributed by atoms with Gasteiger partial charge in [-0.3, -0.25) is 19.2 Å². The third-order valence-electron chi connectivity index (χ3n) is 3.54. The number of nitrogens with zero attached hydrogens (tertiary/aromatic N) is 1. The van der Waals surface area contributed by atoms with E-state index in [9.17, 15) is 24.3 Å². The number of methoxy groups -OCH3 is 2. The monoisotopic (exact) mass is 378 g/mol. The minimum absolute atomic E-state index is 0.0442. The number of rotatable bonds is 6. The highest BCUT2D eigenvalue weighted by molar-refractivity contribution is 6.00. The lowest BCUT2D eigenvalue weighted by molar-refractivity contribution is -0.141. The number of phenolic OH excluding ortho intramolecular Hbond substituents is 1. The molecule has 2 N–H and O–H groups in total. The summed E-state index contributed by atoms with van der Waals surface area (Å²) in [6, 6.07) is 4.25. The normalized spacial score (nSPS) is 9.81. The van der Waals surface area contributed by atoms with Gasteiger partial charge in [-0.05, 0) is 12.1 Å². The van der Waals surface area contributed by atoms with E-state index in [1.807, 2.05) is 13.8 Å². The van der Waals surface area contributed by atoms with Crippen LogP contribution in [0.2, 0.25) is 0 Å². The minimum atomic E-state index is -0.782. The molecule has 0 radical (unpaired) electrons. The van der Waals surface area contributed by atoms with Crippen LogP contribution in [0.4, 0.5) is 11.4 Å². The predicted molar refractivity (Wildman–Crippen MR) is 99.6 cm³/mol. The molecule has 0 aliphatic rings. The second-order valence-electron chi connectivity index (χ2n) is 5.13. The Morgan fingerprint density at radius 1 is 1.15 bits per heavy atom. The summed E-state index contributed by atoms with van der Waals surface area (Å²) in [4.78, 5) is 47.6. The lowest BCUT2D eigenvalue weighted by Crippen LogP contribution is -2.34. The lowest BCUT2D eigenvalue weighted by Gasteiger charge is -2.18. The summed E-state index contributed by atoms with van der Waals surface area (Å²) in [6.07, 6.45) is 0. The molecule has 2 aromatic rings. The van der Waals surface area contributed by atoms with Crippen LogP contribution in [0.15, 0.2) is 27.8 Å².